The lowest BCUT2D eigenvalue weighted by molar-refractivity contribution is -0.00573. The van der Waals surface area contributed by atoms with E-state index in [0.29, 0.717) is 29.0 Å². The van der Waals surface area contributed by atoms with Crippen LogP contribution in [0.5, 0.6) is 0 Å². The van der Waals surface area contributed by atoms with Crippen molar-refractivity contribution in [3.05, 3.63) is 75.4 Å². The minimum atomic E-state index is -0.666. The second kappa shape index (κ2) is 10.3. The topological polar surface area (TPSA) is 111 Å². The molecule has 0 bridgehead atoms. The highest BCUT2D eigenvalue weighted by Gasteiger charge is 2.26. The summed E-state index contributed by atoms with van der Waals surface area (Å²) in [5.74, 6) is 1.70. The largest absolute Gasteiger partial charge is 0.372 e. The molecule has 2 atom stereocenters. The molecule has 10 nitrogen and oxygen atoms in total. The number of hydrogen-bond acceptors (Lipinski definition) is 9. The molecule has 0 radical (unpaired) electrons. The minimum Gasteiger partial charge on any atom is -0.372 e. The number of rotatable bonds is 6. The molecule has 0 spiro atoms. The lowest BCUT2D eigenvalue weighted by Gasteiger charge is -2.35. The van der Waals surface area contributed by atoms with Gasteiger partial charge in [-0.15, -0.1) is 0 Å². The molecule has 38 heavy (non-hydrogen) atoms. The van der Waals surface area contributed by atoms with Crippen LogP contribution in [0.2, 0.25) is 5.02 Å². The SMILES string of the molecule is C[C@@H]1CN(c2ncc(Cl)c(Cc3ccc4c(c3)c(NC(C)(C)c3ncccn3)nc(=O)n4C)n2)C[C@H](C)O1. The number of ether oxygens (including phenoxy) is 1. The standard InChI is InChI=1S/C27H31ClN8O2/c1-16-14-36(15-17(2)38-16)25-31-13-20(28)21(32-25)12-18-7-8-22-19(11-18)23(33-26(37)35(22)5)34-27(3,4)24-29-9-6-10-30-24/h6-11,13,16-17H,12,14-15H2,1-5H3,(H,33,34,37)/t16-,17+. The highest BCUT2D eigenvalue weighted by atomic mass is 35.5. The lowest BCUT2D eigenvalue weighted by atomic mass is 10.0. The van der Waals surface area contributed by atoms with Gasteiger partial charge in [0.15, 0.2) is 5.82 Å². The van der Waals surface area contributed by atoms with Crippen LogP contribution < -0.4 is 15.9 Å². The summed E-state index contributed by atoms with van der Waals surface area (Å²) in [6.45, 7) is 9.44. The average molecular weight is 535 g/mol. The van der Waals surface area contributed by atoms with E-state index in [1.807, 2.05) is 45.9 Å². The van der Waals surface area contributed by atoms with Crippen molar-refractivity contribution >= 4 is 34.3 Å². The van der Waals surface area contributed by atoms with Crippen LogP contribution in [0.25, 0.3) is 10.9 Å². The molecular weight excluding hydrogens is 504 g/mol. The summed E-state index contributed by atoms with van der Waals surface area (Å²) in [4.78, 5) is 37.2. The van der Waals surface area contributed by atoms with Gasteiger partial charge in [-0.1, -0.05) is 17.7 Å². The Morgan fingerprint density at radius 1 is 1.11 bits per heavy atom. The number of halogens is 1. The number of aryl methyl sites for hydroxylation is 1. The zero-order chi connectivity index (χ0) is 27.0. The van der Waals surface area contributed by atoms with Crippen LogP contribution in [-0.4, -0.2) is 54.8 Å². The van der Waals surface area contributed by atoms with Gasteiger partial charge >= 0.3 is 5.69 Å². The van der Waals surface area contributed by atoms with Crippen LogP contribution in [0.15, 0.2) is 47.7 Å². The molecule has 198 valence electrons. The van der Waals surface area contributed by atoms with Gasteiger partial charge < -0.3 is 15.0 Å². The Morgan fingerprint density at radius 2 is 1.82 bits per heavy atom. The van der Waals surface area contributed by atoms with Gasteiger partial charge in [0, 0.05) is 44.3 Å². The predicted molar refractivity (Wildman–Crippen MR) is 148 cm³/mol. The highest BCUT2D eigenvalue weighted by molar-refractivity contribution is 6.31. The molecule has 1 aliphatic heterocycles. The van der Waals surface area contributed by atoms with E-state index < -0.39 is 5.54 Å². The number of fused-ring (bicyclic) bond motifs is 1. The van der Waals surface area contributed by atoms with E-state index in [-0.39, 0.29) is 17.9 Å². The Kier molecular flexibility index (Phi) is 7.02. The summed E-state index contributed by atoms with van der Waals surface area (Å²) >= 11 is 6.54. The summed E-state index contributed by atoms with van der Waals surface area (Å²) in [6.07, 6.45) is 5.73. The van der Waals surface area contributed by atoms with Crippen LogP contribution in [0, 0.1) is 0 Å². The first-order chi connectivity index (χ1) is 18.1. The minimum absolute atomic E-state index is 0.0950. The summed E-state index contributed by atoms with van der Waals surface area (Å²) in [5, 5.41) is 4.69. The maximum absolute atomic E-state index is 12.7. The number of hydrogen-bond donors (Lipinski definition) is 1. The summed E-state index contributed by atoms with van der Waals surface area (Å²) in [5.41, 5.74) is 1.45. The Labute approximate surface area is 226 Å². The summed E-state index contributed by atoms with van der Waals surface area (Å²) < 4.78 is 7.39. The van der Waals surface area contributed by atoms with Crippen LogP contribution in [0.3, 0.4) is 0 Å². The van der Waals surface area contributed by atoms with E-state index in [1.165, 1.54) is 4.57 Å². The van der Waals surface area contributed by atoms with Crippen LogP contribution in [-0.2, 0) is 23.7 Å². The third kappa shape index (κ3) is 5.32. The van der Waals surface area contributed by atoms with Crippen molar-refractivity contribution in [1.82, 2.24) is 29.5 Å². The third-order valence-electron chi connectivity index (χ3n) is 6.61. The average Bonchev–Trinajstić information content (AvgIpc) is 2.88. The fourth-order valence-corrected chi connectivity index (χ4v) is 4.94. The first-order valence-corrected chi connectivity index (χ1v) is 13.0. The molecule has 5 rings (SSSR count). The van der Waals surface area contributed by atoms with Gasteiger partial charge in [0.2, 0.25) is 5.95 Å². The van der Waals surface area contributed by atoms with Gasteiger partial charge in [0.1, 0.15) is 5.82 Å². The van der Waals surface area contributed by atoms with E-state index in [2.05, 4.69) is 30.2 Å². The zero-order valence-corrected chi connectivity index (χ0v) is 22.9. The lowest BCUT2D eigenvalue weighted by Crippen LogP contribution is -2.46. The molecule has 0 amide bonds. The van der Waals surface area contributed by atoms with Crippen LogP contribution in [0.1, 0.15) is 44.8 Å². The number of benzene rings is 1. The van der Waals surface area contributed by atoms with Crippen LogP contribution in [0.4, 0.5) is 11.8 Å². The van der Waals surface area contributed by atoms with Gasteiger partial charge in [0.05, 0.1) is 40.2 Å². The monoisotopic (exact) mass is 534 g/mol. The molecule has 1 aliphatic rings. The second-order valence-corrected chi connectivity index (χ2v) is 10.7. The van der Waals surface area contributed by atoms with Crippen molar-refractivity contribution in [2.24, 2.45) is 7.05 Å². The molecule has 11 heteroatoms. The normalized spacial score (nSPS) is 18.1. The molecule has 0 unspecified atom stereocenters. The first kappa shape index (κ1) is 26.0. The van der Waals surface area contributed by atoms with E-state index >= 15 is 0 Å². The van der Waals surface area contributed by atoms with E-state index in [9.17, 15) is 4.79 Å². The Bertz CT molecular complexity index is 1520. The zero-order valence-electron chi connectivity index (χ0n) is 22.1. The highest BCUT2D eigenvalue weighted by Crippen LogP contribution is 2.29. The van der Waals surface area contributed by atoms with Crippen molar-refractivity contribution < 1.29 is 4.74 Å². The maximum atomic E-state index is 12.7. The van der Waals surface area contributed by atoms with Gasteiger partial charge in [0.25, 0.3) is 0 Å². The summed E-state index contributed by atoms with van der Waals surface area (Å²) in [6, 6.07) is 7.69. The van der Waals surface area contributed by atoms with Gasteiger partial charge in [-0.25, -0.2) is 24.7 Å². The van der Waals surface area contributed by atoms with Crippen molar-refractivity contribution in [3.8, 4) is 0 Å². The molecular formula is C27H31ClN8O2. The van der Waals surface area contributed by atoms with Crippen molar-refractivity contribution in [3.63, 3.8) is 0 Å². The molecule has 1 saturated heterocycles. The molecule has 3 aromatic heterocycles. The first-order valence-electron chi connectivity index (χ1n) is 12.6. The third-order valence-corrected chi connectivity index (χ3v) is 6.92. The Hall–Kier alpha value is -3.63. The number of anilines is 2. The van der Waals surface area contributed by atoms with Gasteiger partial charge in [-0.2, -0.15) is 4.98 Å². The summed E-state index contributed by atoms with van der Waals surface area (Å²) in [7, 11) is 1.71. The Balaban J connectivity index is 1.50. The van der Waals surface area contributed by atoms with Crippen molar-refractivity contribution in [1.29, 1.82) is 0 Å². The number of morpholine rings is 1. The number of nitrogens with one attached hydrogen (secondary N) is 1. The fourth-order valence-electron chi connectivity index (χ4n) is 4.78. The molecule has 1 N–H and O–H groups in total. The van der Waals surface area contributed by atoms with Crippen LogP contribution >= 0.6 is 11.6 Å². The fraction of sp³-hybridized carbons (Fsp3) is 0.407. The maximum Gasteiger partial charge on any atom is 0.349 e. The van der Waals surface area contributed by atoms with E-state index in [0.717, 1.165) is 35.2 Å². The van der Waals surface area contributed by atoms with E-state index in [1.54, 1.807) is 31.7 Å². The molecule has 0 aliphatic carbocycles. The molecule has 4 aromatic rings. The van der Waals surface area contributed by atoms with Gasteiger partial charge in [-0.3, -0.25) is 4.57 Å². The Morgan fingerprint density at radius 3 is 2.53 bits per heavy atom. The predicted octanol–water partition coefficient (Wildman–Crippen LogP) is 3.72. The quantitative estimate of drug-likeness (QED) is 0.395. The molecule has 1 aromatic carbocycles. The van der Waals surface area contributed by atoms with Crippen molar-refractivity contribution in [2.45, 2.75) is 51.9 Å². The number of nitrogens with zero attached hydrogens (tertiary/aromatic N) is 7. The number of aromatic nitrogens is 6. The second-order valence-electron chi connectivity index (χ2n) is 10.3. The molecule has 4 heterocycles. The van der Waals surface area contributed by atoms with Crippen molar-refractivity contribution in [2.75, 3.05) is 23.3 Å². The van der Waals surface area contributed by atoms with Gasteiger partial charge in [-0.05, 0) is 51.5 Å². The molecule has 0 saturated carbocycles. The molecule has 1 fully saturated rings. The smallest absolute Gasteiger partial charge is 0.349 e. The van der Waals surface area contributed by atoms with E-state index in [4.69, 9.17) is 21.3 Å².